The molecule has 3 rings (SSSR count). The van der Waals surface area contributed by atoms with E-state index in [1.165, 1.54) is 32.4 Å². The molecule has 0 saturated carbocycles. The van der Waals surface area contributed by atoms with Gasteiger partial charge in [0.05, 0.1) is 5.69 Å². The van der Waals surface area contributed by atoms with Crippen LogP contribution in [-0.2, 0) is 0 Å². The average Bonchev–Trinajstić information content (AvgIpc) is 2.57. The summed E-state index contributed by atoms with van der Waals surface area (Å²) in [5, 5.41) is 9.55. The second-order valence-electron chi connectivity index (χ2n) is 5.22. The van der Waals surface area contributed by atoms with E-state index >= 15 is 0 Å². The van der Waals surface area contributed by atoms with Gasteiger partial charge in [-0.2, -0.15) is 0 Å². The summed E-state index contributed by atoms with van der Waals surface area (Å²) in [6.45, 7) is 3.66. The molecule has 1 saturated heterocycles. The van der Waals surface area contributed by atoms with Gasteiger partial charge in [0.25, 0.3) is 0 Å². The molecule has 3 heterocycles. The molecule has 110 valence electrons. The number of piperidine rings is 1. The van der Waals surface area contributed by atoms with Gasteiger partial charge >= 0.3 is 0 Å². The van der Waals surface area contributed by atoms with Crippen LogP contribution in [-0.4, -0.2) is 45.5 Å². The van der Waals surface area contributed by atoms with Gasteiger partial charge in [0, 0.05) is 18.5 Å². The second kappa shape index (κ2) is 7.52. The van der Waals surface area contributed by atoms with E-state index in [0.717, 1.165) is 28.7 Å². The number of thioether (sulfide) groups is 1. The maximum Gasteiger partial charge on any atom is 0.119 e. The zero-order valence-electron chi connectivity index (χ0n) is 12.1. The molecule has 0 N–H and O–H groups in total. The average molecular weight is 300 g/mol. The highest BCUT2D eigenvalue weighted by Gasteiger charge is 2.09. The lowest BCUT2D eigenvalue weighted by Gasteiger charge is -2.25. The van der Waals surface area contributed by atoms with Gasteiger partial charge in [-0.05, 0) is 50.2 Å². The fourth-order valence-electron chi connectivity index (χ4n) is 2.51. The van der Waals surface area contributed by atoms with Gasteiger partial charge in [0.2, 0.25) is 0 Å². The highest BCUT2D eigenvalue weighted by Crippen LogP contribution is 2.18. The zero-order chi connectivity index (χ0) is 14.3. The maximum absolute atomic E-state index is 4.29. The molecule has 0 bridgehead atoms. The van der Waals surface area contributed by atoms with Crippen LogP contribution in [0.25, 0.3) is 11.4 Å². The Bertz CT molecular complexity index is 538. The van der Waals surface area contributed by atoms with Gasteiger partial charge in [-0.1, -0.05) is 12.5 Å². The minimum Gasteiger partial charge on any atom is -0.303 e. The standard InChI is InChI=1S/C16H20N4S/c1-4-10-20(11-5-1)12-13-21-16-8-7-15(18-19-16)14-6-2-3-9-17-14/h2-3,6-9H,1,4-5,10-13H2. The minimum atomic E-state index is 0.830. The number of hydrogen-bond acceptors (Lipinski definition) is 5. The van der Waals surface area contributed by atoms with Gasteiger partial charge < -0.3 is 4.90 Å². The Balaban J connectivity index is 1.50. The molecule has 0 radical (unpaired) electrons. The van der Waals surface area contributed by atoms with Gasteiger partial charge in [-0.3, -0.25) is 4.98 Å². The fourth-order valence-corrected chi connectivity index (χ4v) is 3.33. The van der Waals surface area contributed by atoms with Crippen LogP contribution in [0.4, 0.5) is 0 Å². The summed E-state index contributed by atoms with van der Waals surface area (Å²) in [7, 11) is 0. The Kier molecular flexibility index (Phi) is 5.18. The predicted octanol–water partition coefficient (Wildman–Crippen LogP) is 3.12. The molecule has 1 aliphatic heterocycles. The van der Waals surface area contributed by atoms with E-state index < -0.39 is 0 Å². The fraction of sp³-hybridized carbons (Fsp3) is 0.438. The van der Waals surface area contributed by atoms with Crippen LogP contribution in [0, 0.1) is 0 Å². The SMILES string of the molecule is c1ccc(-c2ccc(SCCN3CCCCC3)nn2)nc1. The number of hydrogen-bond donors (Lipinski definition) is 0. The van der Waals surface area contributed by atoms with Crippen LogP contribution in [0.5, 0.6) is 0 Å². The summed E-state index contributed by atoms with van der Waals surface area (Å²) in [5.41, 5.74) is 1.70. The van der Waals surface area contributed by atoms with Crippen LogP contribution in [0.1, 0.15) is 19.3 Å². The van der Waals surface area contributed by atoms with Crippen molar-refractivity contribution in [3.8, 4) is 11.4 Å². The van der Waals surface area contributed by atoms with Crippen LogP contribution >= 0.6 is 11.8 Å². The monoisotopic (exact) mass is 300 g/mol. The summed E-state index contributed by atoms with van der Waals surface area (Å²) in [5.74, 6) is 1.08. The smallest absolute Gasteiger partial charge is 0.119 e. The van der Waals surface area contributed by atoms with Crippen molar-refractivity contribution in [2.45, 2.75) is 24.3 Å². The van der Waals surface area contributed by atoms with Crippen molar-refractivity contribution in [2.75, 3.05) is 25.4 Å². The van der Waals surface area contributed by atoms with E-state index in [4.69, 9.17) is 0 Å². The largest absolute Gasteiger partial charge is 0.303 e. The van der Waals surface area contributed by atoms with E-state index in [1.54, 1.807) is 18.0 Å². The quantitative estimate of drug-likeness (QED) is 0.794. The van der Waals surface area contributed by atoms with E-state index in [0.29, 0.717) is 0 Å². The maximum atomic E-state index is 4.29. The van der Waals surface area contributed by atoms with Crippen LogP contribution in [0.15, 0.2) is 41.6 Å². The molecule has 5 heteroatoms. The van der Waals surface area contributed by atoms with Gasteiger partial charge in [-0.15, -0.1) is 22.0 Å². The van der Waals surface area contributed by atoms with E-state index in [9.17, 15) is 0 Å². The molecule has 4 nitrogen and oxygen atoms in total. The summed E-state index contributed by atoms with van der Waals surface area (Å²) < 4.78 is 0. The molecule has 2 aromatic heterocycles. The molecule has 0 spiro atoms. The summed E-state index contributed by atoms with van der Waals surface area (Å²) >= 11 is 1.78. The Hall–Kier alpha value is -1.46. The number of pyridine rings is 1. The molecular weight excluding hydrogens is 280 g/mol. The normalized spacial score (nSPS) is 16.0. The highest BCUT2D eigenvalue weighted by atomic mass is 32.2. The molecule has 1 aliphatic rings. The van der Waals surface area contributed by atoms with Crippen molar-refractivity contribution in [1.82, 2.24) is 20.1 Å². The Morgan fingerprint density at radius 3 is 2.57 bits per heavy atom. The Morgan fingerprint density at radius 2 is 1.86 bits per heavy atom. The first-order chi connectivity index (χ1) is 10.4. The lowest BCUT2D eigenvalue weighted by Crippen LogP contribution is -2.31. The molecule has 0 unspecified atom stereocenters. The number of nitrogens with zero attached hydrogens (tertiary/aromatic N) is 4. The third-order valence-electron chi connectivity index (χ3n) is 3.67. The van der Waals surface area contributed by atoms with Crippen molar-refractivity contribution < 1.29 is 0 Å². The van der Waals surface area contributed by atoms with Crippen LogP contribution in [0.2, 0.25) is 0 Å². The predicted molar refractivity (Wildman–Crippen MR) is 86.3 cm³/mol. The number of rotatable bonds is 5. The minimum absolute atomic E-state index is 0.830. The lowest BCUT2D eigenvalue weighted by molar-refractivity contribution is 0.242. The molecule has 2 aromatic rings. The Morgan fingerprint density at radius 1 is 0.952 bits per heavy atom. The Labute approximate surface area is 130 Å². The second-order valence-corrected chi connectivity index (χ2v) is 6.34. The van der Waals surface area contributed by atoms with Crippen molar-refractivity contribution >= 4 is 11.8 Å². The number of likely N-dealkylation sites (tertiary alicyclic amines) is 1. The molecule has 0 atom stereocenters. The highest BCUT2D eigenvalue weighted by molar-refractivity contribution is 7.99. The van der Waals surface area contributed by atoms with Crippen molar-refractivity contribution in [3.05, 3.63) is 36.5 Å². The molecular formula is C16H20N4S. The van der Waals surface area contributed by atoms with Gasteiger partial charge in [-0.25, -0.2) is 0 Å². The molecule has 0 aromatic carbocycles. The third kappa shape index (κ3) is 4.25. The van der Waals surface area contributed by atoms with E-state index in [2.05, 4.69) is 20.1 Å². The van der Waals surface area contributed by atoms with Crippen molar-refractivity contribution in [1.29, 1.82) is 0 Å². The zero-order valence-corrected chi connectivity index (χ0v) is 12.9. The molecule has 1 fully saturated rings. The van der Waals surface area contributed by atoms with E-state index in [1.807, 2.05) is 30.3 Å². The topological polar surface area (TPSA) is 41.9 Å². The van der Waals surface area contributed by atoms with Crippen molar-refractivity contribution in [2.24, 2.45) is 0 Å². The first kappa shape index (κ1) is 14.5. The van der Waals surface area contributed by atoms with Crippen LogP contribution < -0.4 is 0 Å². The summed E-state index contributed by atoms with van der Waals surface area (Å²) in [4.78, 5) is 6.83. The first-order valence-electron chi connectivity index (χ1n) is 7.52. The van der Waals surface area contributed by atoms with Crippen LogP contribution in [0.3, 0.4) is 0 Å². The van der Waals surface area contributed by atoms with Gasteiger partial charge in [0.15, 0.2) is 0 Å². The van der Waals surface area contributed by atoms with Gasteiger partial charge in [0.1, 0.15) is 10.7 Å². The number of aromatic nitrogens is 3. The molecule has 0 amide bonds. The molecule has 0 aliphatic carbocycles. The first-order valence-corrected chi connectivity index (χ1v) is 8.51. The summed E-state index contributed by atoms with van der Waals surface area (Å²) in [6, 6.07) is 9.86. The third-order valence-corrected chi connectivity index (χ3v) is 4.57. The summed E-state index contributed by atoms with van der Waals surface area (Å²) in [6.07, 6.45) is 5.87. The molecule has 21 heavy (non-hydrogen) atoms. The lowest BCUT2D eigenvalue weighted by atomic mass is 10.1. The van der Waals surface area contributed by atoms with Crippen molar-refractivity contribution in [3.63, 3.8) is 0 Å². The van der Waals surface area contributed by atoms with E-state index in [-0.39, 0.29) is 0 Å².